The van der Waals surface area contributed by atoms with Crippen LogP contribution in [0.4, 0.5) is 10.7 Å². The zero-order chi connectivity index (χ0) is 13.0. The molecule has 0 aliphatic carbocycles. The summed E-state index contributed by atoms with van der Waals surface area (Å²) in [6, 6.07) is 1.75. The fraction of sp³-hybridized carbons (Fsp3) is 0.500. The second-order valence-electron chi connectivity index (χ2n) is 4.22. The van der Waals surface area contributed by atoms with Gasteiger partial charge in [-0.1, -0.05) is 6.92 Å². The Balaban J connectivity index is 2.10. The van der Waals surface area contributed by atoms with Crippen molar-refractivity contribution in [3.05, 3.63) is 18.5 Å². The van der Waals surface area contributed by atoms with Crippen LogP contribution >= 0.6 is 0 Å². The Morgan fingerprint density at radius 2 is 2.28 bits per heavy atom. The molecule has 1 saturated heterocycles. The Hall–Kier alpha value is -1.98. The number of amides is 1. The summed E-state index contributed by atoms with van der Waals surface area (Å²) >= 11 is 0. The molecule has 0 spiro atoms. The predicted octanol–water partition coefficient (Wildman–Crippen LogP) is 2.10. The van der Waals surface area contributed by atoms with Gasteiger partial charge in [-0.2, -0.15) is 0 Å². The van der Waals surface area contributed by atoms with Crippen LogP contribution in [0.3, 0.4) is 0 Å². The molecule has 2 rings (SSSR count). The van der Waals surface area contributed by atoms with Crippen LogP contribution in [-0.4, -0.2) is 44.4 Å². The van der Waals surface area contributed by atoms with E-state index < -0.39 is 6.09 Å². The number of hydrogen-bond acceptors (Lipinski definition) is 4. The predicted molar refractivity (Wildman–Crippen MR) is 67.2 cm³/mol. The highest BCUT2D eigenvalue weighted by molar-refractivity contribution is 5.88. The number of rotatable bonds is 2. The minimum absolute atomic E-state index is 0.0127. The lowest BCUT2D eigenvalue weighted by molar-refractivity contribution is 0.121. The van der Waals surface area contributed by atoms with Crippen molar-refractivity contribution in [2.75, 3.05) is 6.54 Å². The normalized spacial score (nSPS) is 22.2. The molecule has 0 saturated carbocycles. The summed E-state index contributed by atoms with van der Waals surface area (Å²) < 4.78 is 0. The topological polar surface area (TPSA) is 78.7 Å². The number of aliphatic imine (C=N–C) groups is 1. The van der Waals surface area contributed by atoms with E-state index in [1.165, 1.54) is 4.90 Å². The lowest BCUT2D eigenvalue weighted by atomic mass is 9.98. The van der Waals surface area contributed by atoms with E-state index in [4.69, 9.17) is 5.11 Å². The van der Waals surface area contributed by atoms with E-state index in [-0.39, 0.29) is 6.04 Å². The Bertz CT molecular complexity index is 447. The van der Waals surface area contributed by atoms with Gasteiger partial charge in [-0.05, 0) is 12.5 Å². The minimum atomic E-state index is -0.850. The molecule has 96 valence electrons. The molecular formula is C12H16N4O2. The van der Waals surface area contributed by atoms with E-state index in [0.29, 0.717) is 25.3 Å². The molecule has 1 fully saturated rings. The second-order valence-corrected chi connectivity index (χ2v) is 4.22. The van der Waals surface area contributed by atoms with Crippen LogP contribution in [0, 0.1) is 0 Å². The van der Waals surface area contributed by atoms with Gasteiger partial charge in [0, 0.05) is 43.5 Å². The maximum Gasteiger partial charge on any atom is 0.407 e. The molecule has 1 unspecified atom stereocenters. The van der Waals surface area contributed by atoms with Crippen LogP contribution in [0.25, 0.3) is 0 Å². The Morgan fingerprint density at radius 3 is 2.89 bits per heavy atom. The molecule has 0 bridgehead atoms. The van der Waals surface area contributed by atoms with Gasteiger partial charge in [0.2, 0.25) is 5.95 Å². The smallest absolute Gasteiger partial charge is 0.407 e. The molecule has 1 amide bonds. The number of likely N-dealkylation sites (tertiary alicyclic amines) is 1. The summed E-state index contributed by atoms with van der Waals surface area (Å²) in [5.74, 6) is 0.450. The second kappa shape index (κ2) is 5.57. The molecule has 1 aromatic heterocycles. The number of hydrogen-bond donors (Lipinski definition) is 1. The SMILES string of the molecule is CCC1CC(=Nc2ncccn2)CCN1C(=O)O. The number of piperidine rings is 1. The standard InChI is InChI=1S/C12H16N4O2/c1-2-10-8-9(4-7-16(10)12(17)18)15-11-13-5-3-6-14-11/h3,5-6,10H,2,4,7-8H2,1H3,(H,17,18). The summed E-state index contributed by atoms with van der Waals surface area (Å²) in [7, 11) is 0. The van der Waals surface area contributed by atoms with Gasteiger partial charge in [-0.3, -0.25) is 0 Å². The number of nitrogens with zero attached hydrogens (tertiary/aromatic N) is 4. The van der Waals surface area contributed by atoms with Gasteiger partial charge < -0.3 is 10.0 Å². The molecule has 1 N–H and O–H groups in total. The monoisotopic (exact) mass is 248 g/mol. The third kappa shape index (κ3) is 2.82. The summed E-state index contributed by atoms with van der Waals surface area (Å²) in [5.41, 5.74) is 0.977. The molecule has 2 heterocycles. The minimum Gasteiger partial charge on any atom is -0.465 e. The zero-order valence-corrected chi connectivity index (χ0v) is 10.3. The van der Waals surface area contributed by atoms with Crippen molar-refractivity contribution in [1.29, 1.82) is 0 Å². The molecule has 0 aromatic carbocycles. The molecule has 1 aliphatic rings. The lowest BCUT2D eigenvalue weighted by Crippen LogP contribution is -2.45. The van der Waals surface area contributed by atoms with Crippen LogP contribution in [0.2, 0.25) is 0 Å². The van der Waals surface area contributed by atoms with E-state index in [9.17, 15) is 4.79 Å². The largest absolute Gasteiger partial charge is 0.465 e. The summed E-state index contributed by atoms with van der Waals surface area (Å²) in [6.45, 7) is 2.49. The first-order valence-corrected chi connectivity index (χ1v) is 6.03. The molecule has 6 nitrogen and oxygen atoms in total. The number of carboxylic acid groups (broad SMARTS) is 1. The third-order valence-corrected chi connectivity index (χ3v) is 3.08. The highest BCUT2D eigenvalue weighted by atomic mass is 16.4. The van der Waals surface area contributed by atoms with E-state index >= 15 is 0 Å². The zero-order valence-electron chi connectivity index (χ0n) is 10.3. The van der Waals surface area contributed by atoms with Crippen molar-refractivity contribution >= 4 is 17.8 Å². The van der Waals surface area contributed by atoms with Crippen LogP contribution < -0.4 is 0 Å². The van der Waals surface area contributed by atoms with Crippen molar-refractivity contribution in [3.63, 3.8) is 0 Å². The van der Waals surface area contributed by atoms with Crippen molar-refractivity contribution in [3.8, 4) is 0 Å². The summed E-state index contributed by atoms with van der Waals surface area (Å²) in [6.07, 6.45) is 4.56. The Labute approximate surface area is 105 Å². The molecule has 1 atom stereocenters. The average molecular weight is 248 g/mol. The van der Waals surface area contributed by atoms with Crippen LogP contribution in [0.15, 0.2) is 23.5 Å². The van der Waals surface area contributed by atoms with Gasteiger partial charge in [0.1, 0.15) is 0 Å². The molecular weight excluding hydrogens is 232 g/mol. The van der Waals surface area contributed by atoms with Gasteiger partial charge in [0.25, 0.3) is 0 Å². The van der Waals surface area contributed by atoms with Crippen LogP contribution in [-0.2, 0) is 0 Å². The fourth-order valence-electron chi connectivity index (χ4n) is 2.12. The van der Waals surface area contributed by atoms with Crippen LogP contribution in [0.5, 0.6) is 0 Å². The Kier molecular flexibility index (Phi) is 3.86. The molecule has 6 heteroatoms. The number of carbonyl (C=O) groups is 1. The van der Waals surface area contributed by atoms with Gasteiger partial charge in [0.15, 0.2) is 0 Å². The average Bonchev–Trinajstić information content (AvgIpc) is 2.39. The van der Waals surface area contributed by atoms with Crippen molar-refractivity contribution in [2.45, 2.75) is 32.2 Å². The highest BCUT2D eigenvalue weighted by Crippen LogP contribution is 2.19. The number of aromatic nitrogens is 2. The first-order chi connectivity index (χ1) is 8.70. The van der Waals surface area contributed by atoms with Crippen molar-refractivity contribution < 1.29 is 9.90 Å². The van der Waals surface area contributed by atoms with Gasteiger partial charge >= 0.3 is 6.09 Å². The third-order valence-electron chi connectivity index (χ3n) is 3.08. The van der Waals surface area contributed by atoms with E-state index in [0.717, 1.165) is 12.1 Å². The van der Waals surface area contributed by atoms with Crippen LogP contribution in [0.1, 0.15) is 26.2 Å². The van der Waals surface area contributed by atoms with Crippen molar-refractivity contribution in [1.82, 2.24) is 14.9 Å². The summed E-state index contributed by atoms with van der Waals surface area (Å²) in [5, 5.41) is 9.08. The maximum atomic E-state index is 11.1. The lowest BCUT2D eigenvalue weighted by Gasteiger charge is -2.33. The fourth-order valence-corrected chi connectivity index (χ4v) is 2.12. The van der Waals surface area contributed by atoms with E-state index in [2.05, 4.69) is 15.0 Å². The van der Waals surface area contributed by atoms with Gasteiger partial charge in [-0.25, -0.2) is 19.8 Å². The van der Waals surface area contributed by atoms with Gasteiger partial charge in [-0.15, -0.1) is 0 Å². The molecule has 18 heavy (non-hydrogen) atoms. The maximum absolute atomic E-state index is 11.1. The molecule has 1 aromatic rings. The van der Waals surface area contributed by atoms with E-state index in [1.807, 2.05) is 6.92 Å². The van der Waals surface area contributed by atoms with Gasteiger partial charge in [0.05, 0.1) is 0 Å². The van der Waals surface area contributed by atoms with E-state index in [1.54, 1.807) is 18.5 Å². The first-order valence-electron chi connectivity index (χ1n) is 6.03. The van der Waals surface area contributed by atoms with Crippen molar-refractivity contribution in [2.24, 2.45) is 4.99 Å². The highest BCUT2D eigenvalue weighted by Gasteiger charge is 2.28. The Morgan fingerprint density at radius 1 is 1.56 bits per heavy atom. The quantitative estimate of drug-likeness (QED) is 0.869. The molecule has 1 aliphatic heterocycles. The summed E-state index contributed by atoms with van der Waals surface area (Å²) in [4.78, 5) is 25.0. The molecule has 0 radical (unpaired) electrons. The first kappa shape index (κ1) is 12.5.